The van der Waals surface area contributed by atoms with Crippen LogP contribution in [0.25, 0.3) is 0 Å². The molecule has 0 atom stereocenters. The molecule has 0 saturated carbocycles. The van der Waals surface area contributed by atoms with Gasteiger partial charge in [0.2, 0.25) is 0 Å². The van der Waals surface area contributed by atoms with Gasteiger partial charge in [-0.05, 0) is 12.0 Å². The van der Waals surface area contributed by atoms with Crippen molar-refractivity contribution in [3.63, 3.8) is 0 Å². The van der Waals surface area contributed by atoms with Gasteiger partial charge in [0.1, 0.15) is 5.82 Å². The van der Waals surface area contributed by atoms with E-state index in [0.717, 1.165) is 25.3 Å². The van der Waals surface area contributed by atoms with E-state index in [1.807, 2.05) is 35.1 Å². The molecule has 0 aliphatic heterocycles. The molecule has 0 fully saturated rings. The second-order valence-electron chi connectivity index (χ2n) is 3.80. The van der Waals surface area contributed by atoms with Gasteiger partial charge in [-0.2, -0.15) is 5.10 Å². The Kier molecular flexibility index (Phi) is 3.59. The molecule has 3 nitrogen and oxygen atoms in total. The summed E-state index contributed by atoms with van der Waals surface area (Å²) in [5, 5.41) is 7.73. The maximum Gasteiger partial charge on any atom is 0.148 e. The van der Waals surface area contributed by atoms with E-state index in [9.17, 15) is 0 Å². The third-order valence-electron chi connectivity index (χ3n) is 2.41. The van der Waals surface area contributed by atoms with Crippen LogP contribution in [0.2, 0.25) is 0 Å². The summed E-state index contributed by atoms with van der Waals surface area (Å²) in [5.74, 6) is 0.942. The zero-order valence-electron chi connectivity index (χ0n) is 9.56. The molecule has 2 rings (SSSR count). The molecule has 0 aliphatic carbocycles. The zero-order valence-corrected chi connectivity index (χ0v) is 9.56. The first-order valence-corrected chi connectivity index (χ1v) is 5.69. The fourth-order valence-electron chi connectivity index (χ4n) is 1.60. The van der Waals surface area contributed by atoms with Crippen molar-refractivity contribution in [1.82, 2.24) is 9.78 Å². The summed E-state index contributed by atoms with van der Waals surface area (Å²) in [7, 11) is 0. The van der Waals surface area contributed by atoms with Gasteiger partial charge in [0.15, 0.2) is 0 Å². The van der Waals surface area contributed by atoms with Crippen LogP contribution in [0.4, 0.5) is 5.82 Å². The number of benzene rings is 1. The topological polar surface area (TPSA) is 29.9 Å². The Bertz CT molecular complexity index is 420. The van der Waals surface area contributed by atoms with E-state index in [0.29, 0.717) is 0 Å². The summed E-state index contributed by atoms with van der Waals surface area (Å²) >= 11 is 0. The highest BCUT2D eigenvalue weighted by Crippen LogP contribution is 2.06. The molecule has 0 aliphatic rings. The maximum atomic E-state index is 4.42. The Morgan fingerprint density at radius 3 is 2.75 bits per heavy atom. The molecule has 1 heterocycles. The van der Waals surface area contributed by atoms with E-state index in [4.69, 9.17) is 0 Å². The molecule has 1 N–H and O–H groups in total. The first-order chi connectivity index (χ1) is 7.88. The molecule has 0 unspecified atom stereocenters. The minimum atomic E-state index is 0.823. The third kappa shape index (κ3) is 2.86. The Morgan fingerprint density at radius 1 is 1.19 bits per heavy atom. The Labute approximate surface area is 96.1 Å². The predicted molar refractivity (Wildman–Crippen MR) is 66.3 cm³/mol. The largest absolute Gasteiger partial charge is 0.365 e. The highest BCUT2D eigenvalue weighted by molar-refractivity contribution is 5.33. The van der Waals surface area contributed by atoms with Gasteiger partial charge < -0.3 is 5.32 Å². The van der Waals surface area contributed by atoms with Gasteiger partial charge in [0, 0.05) is 25.4 Å². The molecule has 0 amide bonds. The van der Waals surface area contributed by atoms with E-state index in [-0.39, 0.29) is 0 Å². The van der Waals surface area contributed by atoms with Gasteiger partial charge in [-0.3, -0.25) is 4.68 Å². The molecule has 0 radical (unpaired) electrons. The van der Waals surface area contributed by atoms with Crippen LogP contribution in [0.5, 0.6) is 0 Å². The first-order valence-electron chi connectivity index (χ1n) is 5.69. The van der Waals surface area contributed by atoms with E-state index < -0.39 is 0 Å². The third-order valence-corrected chi connectivity index (χ3v) is 2.41. The summed E-state index contributed by atoms with van der Waals surface area (Å²) in [4.78, 5) is 0. The highest BCUT2D eigenvalue weighted by atomic mass is 15.3. The molecular formula is C13H17N3. The maximum absolute atomic E-state index is 4.42. The quantitative estimate of drug-likeness (QED) is 0.831. The van der Waals surface area contributed by atoms with E-state index in [1.165, 1.54) is 5.56 Å². The van der Waals surface area contributed by atoms with E-state index in [1.54, 1.807) is 0 Å². The van der Waals surface area contributed by atoms with Crippen LogP contribution in [0.1, 0.15) is 18.9 Å². The number of nitrogens with zero attached hydrogens (tertiary/aromatic N) is 2. The lowest BCUT2D eigenvalue weighted by Gasteiger charge is -2.02. The van der Waals surface area contributed by atoms with Crippen LogP contribution in [0, 0.1) is 0 Å². The van der Waals surface area contributed by atoms with Gasteiger partial charge in [0.05, 0.1) is 0 Å². The minimum Gasteiger partial charge on any atom is -0.365 e. The lowest BCUT2D eigenvalue weighted by atomic mass is 10.2. The van der Waals surface area contributed by atoms with Crippen molar-refractivity contribution < 1.29 is 0 Å². The number of rotatable bonds is 5. The lowest BCUT2D eigenvalue weighted by molar-refractivity contribution is 0.604. The number of hydrogen-bond acceptors (Lipinski definition) is 2. The first kappa shape index (κ1) is 10.7. The lowest BCUT2D eigenvalue weighted by Crippen LogP contribution is -2.02. The van der Waals surface area contributed by atoms with Crippen molar-refractivity contribution >= 4 is 5.82 Å². The summed E-state index contributed by atoms with van der Waals surface area (Å²) in [6.45, 7) is 3.95. The van der Waals surface area contributed by atoms with E-state index in [2.05, 4.69) is 29.5 Å². The van der Waals surface area contributed by atoms with Crippen LogP contribution >= 0.6 is 0 Å². The number of hydrogen-bond donors (Lipinski definition) is 1. The van der Waals surface area contributed by atoms with Crippen molar-refractivity contribution in [1.29, 1.82) is 0 Å². The number of nitrogens with one attached hydrogen (secondary N) is 1. The summed E-state index contributed by atoms with van der Waals surface area (Å²) < 4.78 is 1.97. The monoisotopic (exact) mass is 215 g/mol. The van der Waals surface area contributed by atoms with Crippen molar-refractivity contribution in [2.45, 2.75) is 26.4 Å². The molecule has 1 aromatic heterocycles. The smallest absolute Gasteiger partial charge is 0.148 e. The average molecular weight is 215 g/mol. The van der Waals surface area contributed by atoms with Crippen LogP contribution in [0.3, 0.4) is 0 Å². The molecule has 0 spiro atoms. The Hall–Kier alpha value is -1.77. The summed E-state index contributed by atoms with van der Waals surface area (Å²) in [5.41, 5.74) is 1.27. The molecular weight excluding hydrogens is 198 g/mol. The standard InChI is InChI=1S/C13H17N3/c1-2-9-16-10-8-13(15-16)14-11-12-6-4-3-5-7-12/h3-8,10H,2,9,11H2,1H3,(H,14,15). The van der Waals surface area contributed by atoms with Crippen molar-refractivity contribution in [2.75, 3.05) is 5.32 Å². The SMILES string of the molecule is CCCn1ccc(NCc2ccccc2)n1. The van der Waals surface area contributed by atoms with Gasteiger partial charge in [-0.15, -0.1) is 0 Å². The molecule has 0 saturated heterocycles. The molecule has 84 valence electrons. The van der Waals surface area contributed by atoms with E-state index >= 15 is 0 Å². The Balaban J connectivity index is 1.89. The van der Waals surface area contributed by atoms with Gasteiger partial charge in [0.25, 0.3) is 0 Å². The second kappa shape index (κ2) is 5.35. The van der Waals surface area contributed by atoms with Crippen molar-refractivity contribution in [2.24, 2.45) is 0 Å². The number of aryl methyl sites for hydroxylation is 1. The Morgan fingerprint density at radius 2 is 2.00 bits per heavy atom. The van der Waals surface area contributed by atoms with Crippen LogP contribution in [0.15, 0.2) is 42.6 Å². The second-order valence-corrected chi connectivity index (χ2v) is 3.80. The molecule has 1 aromatic carbocycles. The molecule has 3 heteroatoms. The zero-order chi connectivity index (χ0) is 11.2. The number of aromatic nitrogens is 2. The number of anilines is 1. The summed E-state index contributed by atoms with van der Waals surface area (Å²) in [6, 6.07) is 12.4. The van der Waals surface area contributed by atoms with Gasteiger partial charge in [-0.1, -0.05) is 37.3 Å². The van der Waals surface area contributed by atoms with Crippen LogP contribution < -0.4 is 5.32 Å². The fourth-order valence-corrected chi connectivity index (χ4v) is 1.60. The van der Waals surface area contributed by atoms with Crippen molar-refractivity contribution in [3.05, 3.63) is 48.2 Å². The van der Waals surface area contributed by atoms with Gasteiger partial charge in [-0.25, -0.2) is 0 Å². The fraction of sp³-hybridized carbons (Fsp3) is 0.308. The molecule has 2 aromatic rings. The van der Waals surface area contributed by atoms with Crippen molar-refractivity contribution in [3.8, 4) is 0 Å². The minimum absolute atomic E-state index is 0.823. The van der Waals surface area contributed by atoms with Crippen LogP contribution in [-0.2, 0) is 13.1 Å². The highest BCUT2D eigenvalue weighted by Gasteiger charge is 1.97. The van der Waals surface area contributed by atoms with Crippen LogP contribution in [-0.4, -0.2) is 9.78 Å². The van der Waals surface area contributed by atoms with Gasteiger partial charge >= 0.3 is 0 Å². The summed E-state index contributed by atoms with van der Waals surface area (Å²) in [6.07, 6.45) is 3.12. The molecule has 16 heavy (non-hydrogen) atoms. The predicted octanol–water partition coefficient (Wildman–Crippen LogP) is 2.91. The average Bonchev–Trinajstić information content (AvgIpc) is 2.76. The molecule has 0 bridgehead atoms. The normalized spacial score (nSPS) is 10.3.